The van der Waals surface area contributed by atoms with E-state index in [-0.39, 0.29) is 12.2 Å². The molecule has 5 heteroatoms. The Morgan fingerprint density at radius 1 is 1.26 bits per heavy atom. The number of benzene rings is 1. The van der Waals surface area contributed by atoms with Crippen molar-refractivity contribution in [1.29, 1.82) is 0 Å². The molecule has 0 aliphatic carbocycles. The van der Waals surface area contributed by atoms with E-state index in [1.807, 2.05) is 13.8 Å². The van der Waals surface area contributed by atoms with Gasteiger partial charge in [-0.15, -0.1) is 0 Å². The third-order valence-corrected chi connectivity index (χ3v) is 3.35. The number of rotatable bonds is 3. The second kappa shape index (κ2) is 5.28. The van der Waals surface area contributed by atoms with Crippen molar-refractivity contribution in [3.63, 3.8) is 0 Å². The standard InChI is InChI=1S/C14H19NO4/c1-10-8-15(9-11(2)19-10)14(18,13(16)17)12-6-4-3-5-7-12/h3-7,10-11,18H,8-9H2,1-2H3,(H,16,17). The predicted octanol–water partition coefficient (Wildman–Crippen LogP) is 1.03. The minimum Gasteiger partial charge on any atom is -0.478 e. The number of aliphatic carboxylic acids is 1. The molecular weight excluding hydrogens is 246 g/mol. The number of carbonyl (C=O) groups is 1. The lowest BCUT2D eigenvalue weighted by Gasteiger charge is -2.43. The van der Waals surface area contributed by atoms with Crippen LogP contribution < -0.4 is 0 Å². The van der Waals surface area contributed by atoms with Crippen molar-refractivity contribution in [2.45, 2.75) is 31.8 Å². The van der Waals surface area contributed by atoms with Crippen molar-refractivity contribution in [2.75, 3.05) is 13.1 Å². The number of nitrogens with zero attached hydrogens (tertiary/aromatic N) is 1. The average molecular weight is 265 g/mol. The molecule has 0 radical (unpaired) electrons. The Kier molecular flexibility index (Phi) is 3.89. The summed E-state index contributed by atoms with van der Waals surface area (Å²) in [6.45, 7) is 4.50. The van der Waals surface area contributed by atoms with Crippen LogP contribution >= 0.6 is 0 Å². The van der Waals surface area contributed by atoms with E-state index in [1.54, 1.807) is 35.2 Å². The highest BCUT2D eigenvalue weighted by Crippen LogP contribution is 2.29. The van der Waals surface area contributed by atoms with E-state index in [0.717, 1.165) is 0 Å². The Hall–Kier alpha value is -1.43. The van der Waals surface area contributed by atoms with Gasteiger partial charge in [0.15, 0.2) is 0 Å². The van der Waals surface area contributed by atoms with Crippen molar-refractivity contribution in [2.24, 2.45) is 0 Å². The number of ether oxygens (including phenoxy) is 1. The van der Waals surface area contributed by atoms with Crippen LogP contribution in [0, 0.1) is 0 Å². The fourth-order valence-electron chi connectivity index (χ4n) is 2.55. The molecule has 1 aromatic carbocycles. The van der Waals surface area contributed by atoms with Crippen molar-refractivity contribution in [3.05, 3.63) is 35.9 Å². The molecule has 3 unspecified atom stereocenters. The number of aliphatic hydroxyl groups is 1. The first kappa shape index (κ1) is 14.0. The monoisotopic (exact) mass is 265 g/mol. The zero-order chi connectivity index (χ0) is 14.0. The summed E-state index contributed by atoms with van der Waals surface area (Å²) in [5, 5.41) is 20.2. The van der Waals surface area contributed by atoms with Gasteiger partial charge in [-0.3, -0.25) is 4.90 Å². The number of hydrogen-bond acceptors (Lipinski definition) is 4. The third-order valence-electron chi connectivity index (χ3n) is 3.35. The minimum absolute atomic E-state index is 0.113. The van der Waals surface area contributed by atoms with Gasteiger partial charge in [0.05, 0.1) is 12.2 Å². The van der Waals surface area contributed by atoms with Crippen LogP contribution in [-0.4, -0.2) is 46.4 Å². The summed E-state index contributed by atoms with van der Waals surface area (Å²) < 4.78 is 5.58. The van der Waals surface area contributed by atoms with E-state index in [9.17, 15) is 15.0 Å². The molecule has 104 valence electrons. The summed E-state index contributed by atoms with van der Waals surface area (Å²) in [6, 6.07) is 8.47. The van der Waals surface area contributed by atoms with Crippen molar-refractivity contribution in [1.82, 2.24) is 4.90 Å². The molecule has 0 spiro atoms. The van der Waals surface area contributed by atoms with Crippen LogP contribution in [0.1, 0.15) is 19.4 Å². The zero-order valence-electron chi connectivity index (χ0n) is 11.1. The van der Waals surface area contributed by atoms with Crippen LogP contribution in [0.5, 0.6) is 0 Å². The van der Waals surface area contributed by atoms with Crippen LogP contribution in [0.2, 0.25) is 0 Å². The molecule has 3 atom stereocenters. The quantitative estimate of drug-likeness (QED) is 0.854. The maximum atomic E-state index is 11.6. The van der Waals surface area contributed by atoms with E-state index in [1.165, 1.54) is 0 Å². The van der Waals surface area contributed by atoms with Crippen LogP contribution in [0.15, 0.2) is 30.3 Å². The van der Waals surface area contributed by atoms with Gasteiger partial charge in [0.1, 0.15) is 0 Å². The fourth-order valence-corrected chi connectivity index (χ4v) is 2.55. The zero-order valence-corrected chi connectivity index (χ0v) is 11.1. The molecule has 2 rings (SSSR count). The smallest absolute Gasteiger partial charge is 0.356 e. The molecule has 1 aliphatic rings. The topological polar surface area (TPSA) is 70.0 Å². The Labute approximate surface area is 112 Å². The molecule has 2 N–H and O–H groups in total. The SMILES string of the molecule is CC1CN(C(O)(C(=O)O)c2ccccc2)CC(C)O1. The van der Waals surface area contributed by atoms with Gasteiger partial charge >= 0.3 is 5.97 Å². The molecular formula is C14H19NO4. The normalized spacial score (nSPS) is 27.7. The first-order valence-corrected chi connectivity index (χ1v) is 6.36. The molecule has 1 fully saturated rings. The summed E-state index contributed by atoms with van der Waals surface area (Å²) in [7, 11) is 0. The van der Waals surface area contributed by atoms with Gasteiger partial charge in [-0.05, 0) is 13.8 Å². The molecule has 1 aromatic rings. The van der Waals surface area contributed by atoms with Crippen molar-refractivity contribution >= 4 is 5.97 Å². The molecule has 0 saturated carbocycles. The van der Waals surface area contributed by atoms with E-state index >= 15 is 0 Å². The molecule has 0 bridgehead atoms. The Morgan fingerprint density at radius 3 is 2.26 bits per heavy atom. The van der Waals surface area contributed by atoms with Gasteiger partial charge in [0, 0.05) is 18.7 Å². The lowest BCUT2D eigenvalue weighted by Crippen LogP contribution is -2.59. The van der Waals surface area contributed by atoms with E-state index in [0.29, 0.717) is 18.7 Å². The van der Waals surface area contributed by atoms with E-state index in [2.05, 4.69) is 0 Å². The maximum absolute atomic E-state index is 11.6. The van der Waals surface area contributed by atoms with Gasteiger partial charge in [-0.2, -0.15) is 0 Å². The molecule has 1 aliphatic heterocycles. The molecule has 0 amide bonds. The van der Waals surface area contributed by atoms with Crippen molar-refractivity contribution in [3.8, 4) is 0 Å². The number of morpholine rings is 1. The van der Waals surface area contributed by atoms with E-state index < -0.39 is 11.7 Å². The van der Waals surface area contributed by atoms with Crippen LogP contribution in [0.4, 0.5) is 0 Å². The third kappa shape index (κ3) is 2.63. The molecule has 5 nitrogen and oxygen atoms in total. The molecule has 1 heterocycles. The summed E-state index contributed by atoms with van der Waals surface area (Å²) in [5.41, 5.74) is -1.64. The van der Waals surface area contributed by atoms with Gasteiger partial charge in [-0.1, -0.05) is 30.3 Å². The largest absolute Gasteiger partial charge is 0.478 e. The maximum Gasteiger partial charge on any atom is 0.356 e. The summed E-state index contributed by atoms with van der Waals surface area (Å²) in [4.78, 5) is 13.2. The van der Waals surface area contributed by atoms with Crippen molar-refractivity contribution < 1.29 is 19.7 Å². The second-order valence-electron chi connectivity index (χ2n) is 5.01. The summed E-state index contributed by atoms with van der Waals surface area (Å²) >= 11 is 0. The Balaban J connectivity index is 2.37. The number of carboxylic acids is 1. The Morgan fingerprint density at radius 2 is 1.79 bits per heavy atom. The highest BCUT2D eigenvalue weighted by atomic mass is 16.5. The summed E-state index contributed by atoms with van der Waals surface area (Å²) in [5.74, 6) is -1.26. The predicted molar refractivity (Wildman–Crippen MR) is 69.6 cm³/mol. The molecule has 1 saturated heterocycles. The Bertz CT molecular complexity index is 440. The lowest BCUT2D eigenvalue weighted by molar-refractivity contribution is -0.206. The first-order valence-electron chi connectivity index (χ1n) is 6.36. The van der Waals surface area contributed by atoms with Crippen LogP contribution in [0.3, 0.4) is 0 Å². The van der Waals surface area contributed by atoms with Gasteiger partial charge in [-0.25, -0.2) is 4.79 Å². The first-order chi connectivity index (χ1) is 8.94. The highest BCUT2D eigenvalue weighted by Gasteiger charge is 2.46. The lowest BCUT2D eigenvalue weighted by atomic mass is 9.99. The fraction of sp³-hybridized carbons (Fsp3) is 0.500. The number of hydrogen-bond donors (Lipinski definition) is 2. The van der Waals surface area contributed by atoms with Crippen LogP contribution in [0.25, 0.3) is 0 Å². The molecule has 19 heavy (non-hydrogen) atoms. The molecule has 0 aromatic heterocycles. The average Bonchev–Trinajstić information content (AvgIpc) is 2.37. The van der Waals surface area contributed by atoms with Gasteiger partial charge < -0.3 is 14.9 Å². The van der Waals surface area contributed by atoms with Gasteiger partial charge in [0.2, 0.25) is 5.72 Å². The van der Waals surface area contributed by atoms with Crippen LogP contribution in [-0.2, 0) is 15.3 Å². The highest BCUT2D eigenvalue weighted by molar-refractivity contribution is 5.78. The van der Waals surface area contributed by atoms with E-state index in [4.69, 9.17) is 4.74 Å². The second-order valence-corrected chi connectivity index (χ2v) is 5.01. The summed E-state index contributed by atoms with van der Waals surface area (Å²) in [6.07, 6.45) is -0.225. The minimum atomic E-state index is -2.01. The number of carboxylic acid groups (broad SMARTS) is 1. The van der Waals surface area contributed by atoms with Gasteiger partial charge in [0.25, 0.3) is 0 Å².